The van der Waals surface area contributed by atoms with Crippen LogP contribution in [0.2, 0.25) is 5.02 Å². The van der Waals surface area contributed by atoms with Crippen molar-refractivity contribution in [3.05, 3.63) is 58.7 Å². The van der Waals surface area contributed by atoms with E-state index in [1.54, 1.807) is 7.05 Å². The molecule has 2 heterocycles. The van der Waals surface area contributed by atoms with Crippen LogP contribution in [0, 0.1) is 0 Å². The van der Waals surface area contributed by atoms with Gasteiger partial charge in [-0.1, -0.05) is 42.6 Å². The van der Waals surface area contributed by atoms with E-state index in [0.29, 0.717) is 13.1 Å². The minimum atomic E-state index is 0. The summed E-state index contributed by atoms with van der Waals surface area (Å²) in [6, 6.07) is 12.1. The number of anilines is 1. The molecule has 0 spiro atoms. The predicted molar refractivity (Wildman–Crippen MR) is 129 cm³/mol. The van der Waals surface area contributed by atoms with Crippen LogP contribution in [0.25, 0.3) is 0 Å². The van der Waals surface area contributed by atoms with Gasteiger partial charge < -0.3 is 15.5 Å². The molecule has 0 amide bonds. The van der Waals surface area contributed by atoms with Gasteiger partial charge in [0.2, 0.25) is 0 Å². The average Bonchev–Trinajstić information content (AvgIpc) is 2.98. The van der Waals surface area contributed by atoms with Crippen LogP contribution in [-0.4, -0.2) is 31.1 Å². The second kappa shape index (κ2) is 12.1. The molecule has 152 valence electrons. The lowest BCUT2D eigenvalue weighted by Crippen LogP contribution is -2.36. The number of aromatic nitrogens is 1. The number of hydrogen-bond donors (Lipinski definition) is 2. The molecule has 0 unspecified atom stereocenters. The Bertz CT molecular complexity index is 743. The Morgan fingerprint density at radius 1 is 1.04 bits per heavy atom. The molecule has 3 rings (SSSR count). The van der Waals surface area contributed by atoms with E-state index in [9.17, 15) is 0 Å². The zero-order chi connectivity index (χ0) is 18.9. The lowest BCUT2D eigenvalue weighted by molar-refractivity contribution is 0.726. The summed E-state index contributed by atoms with van der Waals surface area (Å²) >= 11 is 6.03. The lowest BCUT2D eigenvalue weighted by atomic mass is 10.2. The fraction of sp³-hybridized carbons (Fsp3) is 0.429. The smallest absolute Gasteiger partial charge is 0.191 e. The predicted octanol–water partition coefficient (Wildman–Crippen LogP) is 4.60. The number of aliphatic imine (C=N–C) groups is 1. The first-order valence-electron chi connectivity index (χ1n) is 9.63. The molecule has 1 aromatic heterocycles. The summed E-state index contributed by atoms with van der Waals surface area (Å²) in [6.45, 7) is 3.59. The van der Waals surface area contributed by atoms with E-state index in [-0.39, 0.29) is 24.0 Å². The quantitative estimate of drug-likeness (QED) is 0.349. The third-order valence-corrected chi connectivity index (χ3v) is 5.01. The van der Waals surface area contributed by atoms with Crippen molar-refractivity contribution < 1.29 is 0 Å². The second-order valence-corrected chi connectivity index (χ2v) is 7.27. The van der Waals surface area contributed by atoms with Gasteiger partial charge in [0, 0.05) is 44.4 Å². The molecular formula is C21H29ClIN5. The zero-order valence-electron chi connectivity index (χ0n) is 16.3. The summed E-state index contributed by atoms with van der Waals surface area (Å²) in [6.07, 6.45) is 7.15. The number of hydrogen-bond acceptors (Lipinski definition) is 3. The van der Waals surface area contributed by atoms with Crippen molar-refractivity contribution in [2.75, 3.05) is 25.0 Å². The van der Waals surface area contributed by atoms with Crippen LogP contribution in [0.3, 0.4) is 0 Å². The summed E-state index contributed by atoms with van der Waals surface area (Å²) in [5, 5.41) is 7.38. The Morgan fingerprint density at radius 2 is 1.75 bits per heavy atom. The van der Waals surface area contributed by atoms with Gasteiger partial charge in [0.05, 0.1) is 0 Å². The molecule has 7 heteroatoms. The summed E-state index contributed by atoms with van der Waals surface area (Å²) < 4.78 is 0. The molecule has 1 fully saturated rings. The first-order chi connectivity index (χ1) is 13.2. The van der Waals surface area contributed by atoms with Gasteiger partial charge in [-0.2, -0.15) is 0 Å². The molecule has 1 aromatic carbocycles. The monoisotopic (exact) mass is 513 g/mol. The normalized spacial score (nSPS) is 14.8. The van der Waals surface area contributed by atoms with Crippen molar-refractivity contribution >= 4 is 47.4 Å². The minimum Gasteiger partial charge on any atom is -0.357 e. The summed E-state index contributed by atoms with van der Waals surface area (Å²) in [4.78, 5) is 11.3. The molecular weight excluding hydrogens is 485 g/mol. The van der Waals surface area contributed by atoms with Gasteiger partial charge in [-0.05, 0) is 42.2 Å². The highest BCUT2D eigenvalue weighted by molar-refractivity contribution is 14.0. The Labute approximate surface area is 190 Å². The SMILES string of the molecule is CN=C(NCc1ccc(N2CCCCCC2)nc1)NCc1cccc(Cl)c1.I. The molecule has 0 atom stereocenters. The van der Waals surface area contributed by atoms with Crippen LogP contribution >= 0.6 is 35.6 Å². The third-order valence-electron chi connectivity index (χ3n) is 4.77. The standard InChI is InChI=1S/C21H28ClN5.HI/c1-23-21(25-14-17-7-6-8-19(22)13-17)26-16-18-9-10-20(24-15-18)27-11-4-2-3-5-12-27;/h6-10,13,15H,2-5,11-12,14,16H2,1H3,(H2,23,25,26);1H. The number of nitrogens with one attached hydrogen (secondary N) is 2. The van der Waals surface area contributed by atoms with Crippen LogP contribution in [0.1, 0.15) is 36.8 Å². The van der Waals surface area contributed by atoms with E-state index in [2.05, 4.69) is 37.6 Å². The third kappa shape index (κ3) is 7.13. The van der Waals surface area contributed by atoms with Crippen LogP contribution in [-0.2, 0) is 13.1 Å². The van der Waals surface area contributed by atoms with Gasteiger partial charge >= 0.3 is 0 Å². The highest BCUT2D eigenvalue weighted by atomic mass is 127. The van der Waals surface area contributed by atoms with Gasteiger partial charge in [0.25, 0.3) is 0 Å². The maximum atomic E-state index is 6.03. The molecule has 28 heavy (non-hydrogen) atoms. The van der Waals surface area contributed by atoms with Gasteiger partial charge in [-0.15, -0.1) is 24.0 Å². The zero-order valence-corrected chi connectivity index (χ0v) is 19.4. The number of rotatable bonds is 5. The number of halogens is 2. The van der Waals surface area contributed by atoms with Crippen LogP contribution in [0.5, 0.6) is 0 Å². The van der Waals surface area contributed by atoms with E-state index < -0.39 is 0 Å². The number of pyridine rings is 1. The first kappa shape index (κ1) is 22.7. The molecule has 5 nitrogen and oxygen atoms in total. The van der Waals surface area contributed by atoms with Gasteiger partial charge in [0.1, 0.15) is 5.82 Å². The van der Waals surface area contributed by atoms with E-state index >= 15 is 0 Å². The maximum absolute atomic E-state index is 6.03. The Kier molecular flexibility index (Phi) is 9.84. The first-order valence-corrected chi connectivity index (χ1v) is 10.0. The van der Waals surface area contributed by atoms with Crippen molar-refractivity contribution in [1.29, 1.82) is 0 Å². The summed E-state index contributed by atoms with van der Waals surface area (Å²) in [7, 11) is 1.77. The van der Waals surface area contributed by atoms with E-state index in [0.717, 1.165) is 41.0 Å². The molecule has 0 bridgehead atoms. The van der Waals surface area contributed by atoms with Crippen molar-refractivity contribution in [2.24, 2.45) is 4.99 Å². The molecule has 1 aliphatic heterocycles. The fourth-order valence-electron chi connectivity index (χ4n) is 3.25. The number of nitrogens with zero attached hydrogens (tertiary/aromatic N) is 3. The topological polar surface area (TPSA) is 52.6 Å². The molecule has 1 saturated heterocycles. The second-order valence-electron chi connectivity index (χ2n) is 6.84. The van der Waals surface area contributed by atoms with Gasteiger partial charge in [-0.25, -0.2) is 4.98 Å². The number of guanidine groups is 1. The fourth-order valence-corrected chi connectivity index (χ4v) is 3.46. The highest BCUT2D eigenvalue weighted by Gasteiger charge is 2.10. The van der Waals surface area contributed by atoms with Crippen molar-refractivity contribution in [2.45, 2.75) is 38.8 Å². The van der Waals surface area contributed by atoms with Crippen LogP contribution in [0.4, 0.5) is 5.82 Å². The minimum absolute atomic E-state index is 0. The maximum Gasteiger partial charge on any atom is 0.191 e. The van der Waals surface area contributed by atoms with Crippen LogP contribution in [0.15, 0.2) is 47.6 Å². The van der Waals surface area contributed by atoms with E-state index in [4.69, 9.17) is 11.6 Å². The van der Waals surface area contributed by atoms with Crippen molar-refractivity contribution in [3.63, 3.8) is 0 Å². The Balaban J connectivity index is 0.00000280. The molecule has 0 aliphatic carbocycles. The Hall–Kier alpha value is -1.54. The largest absolute Gasteiger partial charge is 0.357 e. The average molecular weight is 514 g/mol. The molecule has 0 radical (unpaired) electrons. The van der Waals surface area contributed by atoms with E-state index in [1.807, 2.05) is 30.5 Å². The Morgan fingerprint density at radius 3 is 2.36 bits per heavy atom. The molecule has 0 saturated carbocycles. The molecule has 2 aromatic rings. The molecule has 2 N–H and O–H groups in total. The van der Waals surface area contributed by atoms with Crippen molar-refractivity contribution in [3.8, 4) is 0 Å². The summed E-state index contributed by atoms with van der Waals surface area (Å²) in [5.74, 6) is 1.84. The van der Waals surface area contributed by atoms with Gasteiger partial charge in [0.15, 0.2) is 5.96 Å². The van der Waals surface area contributed by atoms with Crippen molar-refractivity contribution in [1.82, 2.24) is 15.6 Å². The number of benzene rings is 1. The van der Waals surface area contributed by atoms with E-state index in [1.165, 1.54) is 25.7 Å². The highest BCUT2D eigenvalue weighted by Crippen LogP contribution is 2.17. The van der Waals surface area contributed by atoms with Gasteiger partial charge in [-0.3, -0.25) is 4.99 Å². The molecule has 1 aliphatic rings. The lowest BCUT2D eigenvalue weighted by Gasteiger charge is -2.21. The summed E-state index contributed by atoms with van der Waals surface area (Å²) in [5.41, 5.74) is 2.26. The van der Waals surface area contributed by atoms with Crippen LogP contribution < -0.4 is 15.5 Å².